The van der Waals surface area contributed by atoms with Crippen LogP contribution in [0.4, 0.5) is 4.39 Å². The summed E-state index contributed by atoms with van der Waals surface area (Å²) in [5.41, 5.74) is 6.77. The van der Waals surface area contributed by atoms with Crippen LogP contribution in [0.2, 0.25) is 0 Å². The van der Waals surface area contributed by atoms with Crippen LogP contribution in [-0.2, 0) is 6.42 Å². The summed E-state index contributed by atoms with van der Waals surface area (Å²) < 4.78 is 14.8. The second kappa shape index (κ2) is 7.25. The Morgan fingerprint density at radius 2 is 2.06 bits per heavy atom. The molecule has 1 unspecified atom stereocenters. The minimum Gasteiger partial charge on any atom is -0.330 e. The molecule has 2 N–H and O–H groups in total. The van der Waals surface area contributed by atoms with Crippen LogP contribution >= 0.6 is 15.9 Å². The van der Waals surface area contributed by atoms with Gasteiger partial charge in [-0.1, -0.05) is 42.6 Å². The first kappa shape index (κ1) is 15.6. The highest BCUT2D eigenvalue weighted by Crippen LogP contribution is 2.33. The first-order valence-corrected chi connectivity index (χ1v) is 7.50. The fourth-order valence-corrected chi connectivity index (χ4v) is 2.75. The Bertz CT molecular complexity index is 375. The summed E-state index contributed by atoms with van der Waals surface area (Å²) in [4.78, 5) is 0. The Labute approximate surface area is 118 Å². The first-order valence-electron chi connectivity index (χ1n) is 6.71. The topological polar surface area (TPSA) is 26.0 Å². The first-order chi connectivity index (χ1) is 8.56. The summed E-state index contributed by atoms with van der Waals surface area (Å²) in [5, 5.41) is 0. The maximum absolute atomic E-state index is 13.8. The van der Waals surface area contributed by atoms with Gasteiger partial charge in [0.05, 0.1) is 0 Å². The molecule has 0 saturated carbocycles. The molecule has 0 amide bonds. The summed E-state index contributed by atoms with van der Waals surface area (Å²) in [5.74, 6) is -0.124. The van der Waals surface area contributed by atoms with Gasteiger partial charge in [0, 0.05) is 4.47 Å². The monoisotopic (exact) mass is 315 g/mol. The molecule has 0 aliphatic carbocycles. The molecule has 0 fully saturated rings. The number of nitrogens with two attached hydrogens (primary N) is 1. The third-order valence-electron chi connectivity index (χ3n) is 3.82. The predicted octanol–water partition coefficient (Wildman–Crippen LogP) is 4.68. The largest absolute Gasteiger partial charge is 0.330 e. The highest BCUT2D eigenvalue weighted by atomic mass is 79.9. The van der Waals surface area contributed by atoms with Crippen LogP contribution in [-0.4, -0.2) is 6.54 Å². The second-order valence-corrected chi connectivity index (χ2v) is 5.99. The summed E-state index contributed by atoms with van der Waals surface area (Å²) in [6.07, 6.45) is 5.10. The minimum atomic E-state index is -0.124. The molecule has 0 heterocycles. The average molecular weight is 316 g/mol. The van der Waals surface area contributed by atoms with Gasteiger partial charge in [-0.05, 0) is 55.0 Å². The van der Waals surface area contributed by atoms with Gasteiger partial charge in [0.1, 0.15) is 5.82 Å². The molecule has 1 nitrogen and oxygen atoms in total. The molecule has 0 bridgehead atoms. The Balaban J connectivity index is 2.91. The smallest absolute Gasteiger partial charge is 0.126 e. The van der Waals surface area contributed by atoms with Crippen molar-refractivity contribution < 1.29 is 4.39 Å². The zero-order valence-corrected chi connectivity index (χ0v) is 12.9. The fourth-order valence-electron chi connectivity index (χ4n) is 2.34. The van der Waals surface area contributed by atoms with E-state index >= 15 is 0 Å². The third kappa shape index (κ3) is 4.06. The van der Waals surface area contributed by atoms with Crippen molar-refractivity contribution in [2.45, 2.75) is 46.0 Å². The Hall–Kier alpha value is -0.410. The molecule has 0 saturated heterocycles. The minimum absolute atomic E-state index is 0.0393. The van der Waals surface area contributed by atoms with Gasteiger partial charge in [-0.2, -0.15) is 0 Å². The lowest BCUT2D eigenvalue weighted by Crippen LogP contribution is -2.32. The van der Waals surface area contributed by atoms with E-state index < -0.39 is 0 Å². The molecule has 0 aliphatic rings. The lowest BCUT2D eigenvalue weighted by Gasteiger charge is -2.32. The highest BCUT2D eigenvalue weighted by molar-refractivity contribution is 9.10. The van der Waals surface area contributed by atoms with Gasteiger partial charge in [0.25, 0.3) is 0 Å². The Morgan fingerprint density at radius 1 is 1.33 bits per heavy atom. The fraction of sp³-hybridized carbons (Fsp3) is 0.600. The van der Waals surface area contributed by atoms with Crippen LogP contribution in [0.5, 0.6) is 0 Å². The number of benzene rings is 1. The van der Waals surface area contributed by atoms with E-state index in [4.69, 9.17) is 5.73 Å². The van der Waals surface area contributed by atoms with E-state index in [2.05, 4.69) is 29.8 Å². The average Bonchev–Trinajstić information content (AvgIpc) is 2.39. The zero-order valence-electron chi connectivity index (χ0n) is 11.3. The van der Waals surface area contributed by atoms with Gasteiger partial charge < -0.3 is 5.73 Å². The van der Waals surface area contributed by atoms with Gasteiger partial charge in [0.15, 0.2) is 0 Å². The standard InChI is InChI=1S/C15H23BrFN/c1-3-5-8-15(4-2,11-18)10-12-9-13(16)6-7-14(12)17/h6-7,9H,3-5,8,10-11,18H2,1-2H3. The van der Waals surface area contributed by atoms with E-state index in [1.54, 1.807) is 6.07 Å². The Kier molecular flexibility index (Phi) is 6.30. The predicted molar refractivity (Wildman–Crippen MR) is 79.1 cm³/mol. The lowest BCUT2D eigenvalue weighted by molar-refractivity contribution is 0.248. The molecule has 1 aromatic rings. The van der Waals surface area contributed by atoms with E-state index in [9.17, 15) is 4.39 Å². The molecule has 0 aliphatic heterocycles. The molecule has 3 heteroatoms. The molecule has 102 valence electrons. The zero-order chi connectivity index (χ0) is 13.6. The summed E-state index contributed by atoms with van der Waals surface area (Å²) in [7, 11) is 0. The molecular weight excluding hydrogens is 293 g/mol. The molecule has 18 heavy (non-hydrogen) atoms. The van der Waals surface area contributed by atoms with Crippen molar-refractivity contribution in [3.05, 3.63) is 34.1 Å². The van der Waals surface area contributed by atoms with Crippen molar-refractivity contribution in [2.24, 2.45) is 11.1 Å². The molecule has 0 spiro atoms. The van der Waals surface area contributed by atoms with Crippen molar-refractivity contribution >= 4 is 15.9 Å². The second-order valence-electron chi connectivity index (χ2n) is 5.07. The van der Waals surface area contributed by atoms with Gasteiger partial charge in [-0.15, -0.1) is 0 Å². The van der Waals surface area contributed by atoms with Gasteiger partial charge >= 0.3 is 0 Å². The van der Waals surface area contributed by atoms with E-state index in [0.29, 0.717) is 6.54 Å². The number of halogens is 2. The third-order valence-corrected chi connectivity index (χ3v) is 4.31. The SMILES string of the molecule is CCCCC(CC)(CN)Cc1cc(Br)ccc1F. The molecular formula is C15H23BrFN. The number of hydrogen-bond acceptors (Lipinski definition) is 1. The molecule has 0 aromatic heterocycles. The quantitative estimate of drug-likeness (QED) is 0.777. The summed E-state index contributed by atoms with van der Waals surface area (Å²) in [6, 6.07) is 5.14. The Morgan fingerprint density at radius 3 is 2.61 bits per heavy atom. The van der Waals surface area contributed by atoms with Crippen LogP contribution in [0.1, 0.15) is 45.1 Å². The van der Waals surface area contributed by atoms with Gasteiger partial charge in [0.2, 0.25) is 0 Å². The van der Waals surface area contributed by atoms with Crippen molar-refractivity contribution in [3.8, 4) is 0 Å². The van der Waals surface area contributed by atoms with Crippen molar-refractivity contribution in [3.63, 3.8) is 0 Å². The van der Waals surface area contributed by atoms with E-state index in [1.807, 2.05) is 6.07 Å². The highest BCUT2D eigenvalue weighted by Gasteiger charge is 2.27. The molecule has 0 radical (unpaired) electrons. The number of rotatable bonds is 7. The normalized spacial score (nSPS) is 14.5. The van der Waals surface area contributed by atoms with E-state index in [0.717, 1.165) is 42.1 Å². The van der Waals surface area contributed by atoms with E-state index in [1.165, 1.54) is 6.07 Å². The maximum atomic E-state index is 13.8. The number of unbranched alkanes of at least 4 members (excludes halogenated alkanes) is 1. The summed E-state index contributed by atoms with van der Waals surface area (Å²) >= 11 is 3.40. The van der Waals surface area contributed by atoms with E-state index in [-0.39, 0.29) is 11.2 Å². The molecule has 1 atom stereocenters. The van der Waals surface area contributed by atoms with Gasteiger partial charge in [-0.3, -0.25) is 0 Å². The van der Waals surface area contributed by atoms with Crippen LogP contribution < -0.4 is 5.73 Å². The van der Waals surface area contributed by atoms with Crippen LogP contribution in [0, 0.1) is 11.2 Å². The maximum Gasteiger partial charge on any atom is 0.126 e. The van der Waals surface area contributed by atoms with Crippen molar-refractivity contribution in [2.75, 3.05) is 6.54 Å². The van der Waals surface area contributed by atoms with Crippen LogP contribution in [0.3, 0.4) is 0 Å². The lowest BCUT2D eigenvalue weighted by atomic mass is 9.75. The van der Waals surface area contributed by atoms with Crippen LogP contribution in [0.25, 0.3) is 0 Å². The van der Waals surface area contributed by atoms with Gasteiger partial charge in [-0.25, -0.2) is 4.39 Å². The summed E-state index contributed by atoms with van der Waals surface area (Å²) in [6.45, 7) is 4.95. The molecule has 1 aromatic carbocycles. The van der Waals surface area contributed by atoms with Crippen molar-refractivity contribution in [1.82, 2.24) is 0 Å². The molecule has 1 rings (SSSR count). The van der Waals surface area contributed by atoms with Crippen molar-refractivity contribution in [1.29, 1.82) is 0 Å². The number of hydrogen-bond donors (Lipinski definition) is 1. The van der Waals surface area contributed by atoms with Crippen LogP contribution in [0.15, 0.2) is 22.7 Å².